The summed E-state index contributed by atoms with van der Waals surface area (Å²) in [7, 11) is 0. The molecule has 84 valence electrons. The SMILES string of the molecule is CC1CC(OCCC(C)(C)C)CCN1. The molecule has 0 aromatic carbocycles. The highest BCUT2D eigenvalue weighted by molar-refractivity contribution is 4.75. The Morgan fingerprint density at radius 2 is 2.07 bits per heavy atom. The van der Waals surface area contributed by atoms with Crippen molar-refractivity contribution in [2.45, 2.75) is 59.1 Å². The van der Waals surface area contributed by atoms with Gasteiger partial charge < -0.3 is 10.1 Å². The molecule has 0 aromatic rings. The molecule has 0 saturated carbocycles. The van der Waals surface area contributed by atoms with Crippen molar-refractivity contribution in [3.8, 4) is 0 Å². The molecule has 0 spiro atoms. The molecule has 2 nitrogen and oxygen atoms in total. The van der Waals surface area contributed by atoms with Crippen LogP contribution in [0.2, 0.25) is 0 Å². The summed E-state index contributed by atoms with van der Waals surface area (Å²) in [5, 5.41) is 3.44. The van der Waals surface area contributed by atoms with Gasteiger partial charge >= 0.3 is 0 Å². The van der Waals surface area contributed by atoms with Crippen LogP contribution in [0.15, 0.2) is 0 Å². The first-order valence-electron chi connectivity index (χ1n) is 5.82. The quantitative estimate of drug-likeness (QED) is 0.754. The topological polar surface area (TPSA) is 21.3 Å². The van der Waals surface area contributed by atoms with Crippen LogP contribution < -0.4 is 5.32 Å². The highest BCUT2D eigenvalue weighted by Gasteiger charge is 2.19. The van der Waals surface area contributed by atoms with Crippen LogP contribution in [0.25, 0.3) is 0 Å². The molecule has 2 unspecified atom stereocenters. The monoisotopic (exact) mass is 199 g/mol. The largest absolute Gasteiger partial charge is 0.378 e. The Kier molecular flexibility index (Phi) is 4.39. The summed E-state index contributed by atoms with van der Waals surface area (Å²) in [5.41, 5.74) is 0.401. The molecule has 1 saturated heterocycles. The molecule has 1 rings (SSSR count). The Morgan fingerprint density at radius 3 is 2.64 bits per heavy atom. The van der Waals surface area contributed by atoms with Crippen molar-refractivity contribution in [1.29, 1.82) is 0 Å². The molecule has 1 heterocycles. The van der Waals surface area contributed by atoms with Crippen LogP contribution in [-0.4, -0.2) is 25.3 Å². The number of piperidine rings is 1. The third-order valence-corrected chi connectivity index (χ3v) is 2.78. The van der Waals surface area contributed by atoms with Gasteiger partial charge in [0.05, 0.1) is 6.10 Å². The zero-order valence-electron chi connectivity index (χ0n) is 10.1. The summed E-state index contributed by atoms with van der Waals surface area (Å²) >= 11 is 0. The normalized spacial score (nSPS) is 29.1. The summed E-state index contributed by atoms with van der Waals surface area (Å²) in [5.74, 6) is 0. The minimum atomic E-state index is 0.401. The van der Waals surface area contributed by atoms with E-state index >= 15 is 0 Å². The standard InChI is InChI=1S/C12H25NO/c1-10-9-11(5-7-13-10)14-8-6-12(2,3)4/h10-11,13H,5-9H2,1-4H3. The Hall–Kier alpha value is -0.0800. The van der Waals surface area contributed by atoms with Crippen molar-refractivity contribution in [2.75, 3.05) is 13.2 Å². The van der Waals surface area contributed by atoms with Gasteiger partial charge in [-0.15, -0.1) is 0 Å². The summed E-state index contributed by atoms with van der Waals surface area (Å²) in [6.45, 7) is 11.1. The lowest BCUT2D eigenvalue weighted by molar-refractivity contribution is 0.0120. The number of ether oxygens (including phenoxy) is 1. The van der Waals surface area contributed by atoms with E-state index < -0.39 is 0 Å². The molecule has 1 fully saturated rings. The second-order valence-electron chi connectivity index (χ2n) is 5.68. The lowest BCUT2D eigenvalue weighted by atomic mass is 9.93. The maximum absolute atomic E-state index is 5.89. The first-order valence-corrected chi connectivity index (χ1v) is 5.82. The highest BCUT2D eigenvalue weighted by Crippen LogP contribution is 2.20. The summed E-state index contributed by atoms with van der Waals surface area (Å²) in [4.78, 5) is 0. The van der Waals surface area contributed by atoms with E-state index in [1.54, 1.807) is 0 Å². The van der Waals surface area contributed by atoms with Gasteiger partial charge in [0, 0.05) is 12.6 Å². The fraction of sp³-hybridized carbons (Fsp3) is 1.00. The zero-order chi connectivity index (χ0) is 10.6. The molecule has 1 aliphatic heterocycles. The van der Waals surface area contributed by atoms with Gasteiger partial charge in [0.25, 0.3) is 0 Å². The molecule has 2 heteroatoms. The van der Waals surface area contributed by atoms with E-state index in [0.29, 0.717) is 17.6 Å². The zero-order valence-corrected chi connectivity index (χ0v) is 10.1. The van der Waals surface area contributed by atoms with Gasteiger partial charge in [-0.25, -0.2) is 0 Å². The maximum atomic E-state index is 5.89. The molecule has 0 aliphatic carbocycles. The van der Waals surface area contributed by atoms with Crippen molar-refractivity contribution < 1.29 is 4.74 Å². The van der Waals surface area contributed by atoms with E-state index in [1.165, 1.54) is 12.8 Å². The van der Waals surface area contributed by atoms with Gasteiger partial charge in [0.15, 0.2) is 0 Å². The minimum absolute atomic E-state index is 0.401. The Bertz CT molecular complexity index is 162. The lowest BCUT2D eigenvalue weighted by Gasteiger charge is -2.29. The number of hydrogen-bond acceptors (Lipinski definition) is 2. The van der Waals surface area contributed by atoms with Crippen molar-refractivity contribution in [3.63, 3.8) is 0 Å². The molecular weight excluding hydrogens is 174 g/mol. The van der Waals surface area contributed by atoms with E-state index in [0.717, 1.165) is 19.6 Å². The fourth-order valence-electron chi connectivity index (χ4n) is 1.77. The van der Waals surface area contributed by atoms with Gasteiger partial charge in [-0.3, -0.25) is 0 Å². The van der Waals surface area contributed by atoms with Crippen LogP contribution in [0.5, 0.6) is 0 Å². The average molecular weight is 199 g/mol. The van der Waals surface area contributed by atoms with E-state index in [2.05, 4.69) is 33.0 Å². The predicted molar refractivity (Wildman–Crippen MR) is 60.5 cm³/mol. The Labute approximate surface area is 88.4 Å². The molecule has 0 aromatic heterocycles. The smallest absolute Gasteiger partial charge is 0.0602 e. The molecule has 0 radical (unpaired) electrons. The lowest BCUT2D eigenvalue weighted by Crippen LogP contribution is -2.39. The van der Waals surface area contributed by atoms with E-state index in [4.69, 9.17) is 4.74 Å². The van der Waals surface area contributed by atoms with Crippen LogP contribution in [0.3, 0.4) is 0 Å². The van der Waals surface area contributed by atoms with Gasteiger partial charge in [0.1, 0.15) is 0 Å². The molecule has 2 atom stereocenters. The van der Waals surface area contributed by atoms with Crippen LogP contribution >= 0.6 is 0 Å². The van der Waals surface area contributed by atoms with Crippen LogP contribution in [0.4, 0.5) is 0 Å². The molecule has 1 N–H and O–H groups in total. The van der Waals surface area contributed by atoms with E-state index in [-0.39, 0.29) is 0 Å². The van der Waals surface area contributed by atoms with Crippen molar-refractivity contribution in [1.82, 2.24) is 5.32 Å². The molecule has 1 aliphatic rings. The first-order chi connectivity index (χ1) is 6.47. The minimum Gasteiger partial charge on any atom is -0.378 e. The second kappa shape index (κ2) is 5.13. The van der Waals surface area contributed by atoms with Gasteiger partial charge in [0.2, 0.25) is 0 Å². The maximum Gasteiger partial charge on any atom is 0.0602 e. The summed E-state index contributed by atoms with van der Waals surface area (Å²) in [6, 6.07) is 0.628. The third-order valence-electron chi connectivity index (χ3n) is 2.78. The number of nitrogens with one attached hydrogen (secondary N) is 1. The van der Waals surface area contributed by atoms with E-state index in [1.807, 2.05) is 0 Å². The van der Waals surface area contributed by atoms with Gasteiger partial charge in [-0.05, 0) is 38.1 Å². The van der Waals surface area contributed by atoms with Crippen LogP contribution in [0.1, 0.15) is 47.0 Å². The van der Waals surface area contributed by atoms with Crippen molar-refractivity contribution in [3.05, 3.63) is 0 Å². The fourth-order valence-corrected chi connectivity index (χ4v) is 1.77. The highest BCUT2D eigenvalue weighted by atomic mass is 16.5. The Morgan fingerprint density at radius 1 is 1.36 bits per heavy atom. The average Bonchev–Trinajstić information content (AvgIpc) is 2.01. The molecule has 0 bridgehead atoms. The number of hydrogen-bond donors (Lipinski definition) is 1. The molecular formula is C12H25NO. The van der Waals surface area contributed by atoms with Crippen molar-refractivity contribution in [2.24, 2.45) is 5.41 Å². The Balaban J connectivity index is 2.12. The first kappa shape index (κ1) is 12.0. The molecule has 0 amide bonds. The number of rotatable bonds is 3. The second-order valence-corrected chi connectivity index (χ2v) is 5.68. The summed E-state index contributed by atoms with van der Waals surface area (Å²) in [6.07, 6.45) is 4.00. The third kappa shape index (κ3) is 4.97. The van der Waals surface area contributed by atoms with E-state index in [9.17, 15) is 0 Å². The summed E-state index contributed by atoms with van der Waals surface area (Å²) < 4.78 is 5.89. The molecule has 14 heavy (non-hydrogen) atoms. The predicted octanol–water partition coefficient (Wildman–Crippen LogP) is 2.58. The van der Waals surface area contributed by atoms with Gasteiger partial charge in [-0.2, -0.15) is 0 Å². The van der Waals surface area contributed by atoms with Crippen LogP contribution in [0, 0.1) is 5.41 Å². The van der Waals surface area contributed by atoms with Crippen molar-refractivity contribution >= 4 is 0 Å². The van der Waals surface area contributed by atoms with Gasteiger partial charge in [-0.1, -0.05) is 20.8 Å². The van der Waals surface area contributed by atoms with Crippen LogP contribution in [-0.2, 0) is 4.74 Å².